The Kier molecular flexibility index (Phi) is 6.81. The standard InChI is InChI=1S/C23H19ClF3N5O3/c1-32-19(16(24)12-29-32)15-11-14(7-8-17(15)34-10-9-28)30-21(33)18-20(23(25,26)27)35-22(31-18)13-5-3-2-4-6-13/h2-8,11-12H,9-10,28H2,1H3,(H,30,33). The second-order valence-electron chi connectivity index (χ2n) is 7.33. The van der Waals surface area contributed by atoms with Crippen molar-refractivity contribution >= 4 is 23.2 Å². The molecule has 0 saturated heterocycles. The maximum absolute atomic E-state index is 13.6. The zero-order valence-electron chi connectivity index (χ0n) is 18.3. The fourth-order valence-corrected chi connectivity index (χ4v) is 3.63. The second kappa shape index (κ2) is 9.80. The zero-order chi connectivity index (χ0) is 25.2. The number of oxazole rings is 1. The Bertz CT molecular complexity index is 1330. The van der Waals surface area contributed by atoms with Gasteiger partial charge in [0, 0.05) is 30.4 Å². The van der Waals surface area contributed by atoms with Crippen molar-refractivity contribution in [2.75, 3.05) is 18.5 Å². The lowest BCUT2D eigenvalue weighted by atomic mass is 10.1. The highest BCUT2D eigenvalue weighted by molar-refractivity contribution is 6.33. The van der Waals surface area contributed by atoms with Crippen molar-refractivity contribution in [1.29, 1.82) is 0 Å². The fourth-order valence-electron chi connectivity index (χ4n) is 3.36. The van der Waals surface area contributed by atoms with Crippen LogP contribution in [0.2, 0.25) is 5.02 Å². The highest BCUT2D eigenvalue weighted by Crippen LogP contribution is 2.38. The number of nitrogens with one attached hydrogen (secondary N) is 1. The van der Waals surface area contributed by atoms with Crippen molar-refractivity contribution in [3.05, 3.63) is 71.2 Å². The summed E-state index contributed by atoms with van der Waals surface area (Å²) in [6, 6.07) is 12.5. The van der Waals surface area contributed by atoms with Gasteiger partial charge < -0.3 is 20.2 Å². The Labute approximate surface area is 202 Å². The molecule has 0 bridgehead atoms. The molecule has 182 valence electrons. The summed E-state index contributed by atoms with van der Waals surface area (Å²) in [7, 11) is 1.66. The van der Waals surface area contributed by atoms with Gasteiger partial charge in [0.1, 0.15) is 12.4 Å². The Morgan fingerprint density at radius 3 is 2.60 bits per heavy atom. The molecule has 2 heterocycles. The van der Waals surface area contributed by atoms with Gasteiger partial charge in [-0.2, -0.15) is 18.3 Å². The molecule has 0 saturated carbocycles. The number of nitrogens with two attached hydrogens (primary N) is 1. The molecule has 2 aromatic carbocycles. The Hall–Kier alpha value is -3.83. The summed E-state index contributed by atoms with van der Waals surface area (Å²) in [5.74, 6) is -2.51. The predicted octanol–water partition coefficient (Wildman–Crippen LogP) is 5.00. The lowest BCUT2D eigenvalue weighted by Gasteiger charge is -2.14. The number of aryl methyl sites for hydroxylation is 1. The van der Waals surface area contributed by atoms with Gasteiger partial charge in [0.15, 0.2) is 5.69 Å². The SMILES string of the molecule is Cn1ncc(Cl)c1-c1cc(NC(=O)c2nc(-c3ccccc3)oc2C(F)(F)F)ccc1OCCN. The van der Waals surface area contributed by atoms with Gasteiger partial charge in [-0.1, -0.05) is 29.8 Å². The number of benzene rings is 2. The summed E-state index contributed by atoms with van der Waals surface area (Å²) in [5.41, 5.74) is 6.06. The van der Waals surface area contributed by atoms with Crippen LogP contribution in [0.1, 0.15) is 16.2 Å². The van der Waals surface area contributed by atoms with Crippen LogP contribution in [0.25, 0.3) is 22.7 Å². The van der Waals surface area contributed by atoms with Crippen LogP contribution >= 0.6 is 11.6 Å². The van der Waals surface area contributed by atoms with E-state index >= 15 is 0 Å². The first-order valence-electron chi connectivity index (χ1n) is 10.3. The summed E-state index contributed by atoms with van der Waals surface area (Å²) < 4.78 is 53.0. The molecule has 8 nitrogen and oxygen atoms in total. The first-order valence-corrected chi connectivity index (χ1v) is 10.7. The maximum atomic E-state index is 13.6. The normalized spacial score (nSPS) is 11.5. The number of halogens is 4. The molecule has 0 aliphatic carbocycles. The van der Waals surface area contributed by atoms with Crippen LogP contribution in [0.4, 0.5) is 18.9 Å². The number of alkyl halides is 3. The maximum Gasteiger partial charge on any atom is 0.452 e. The highest BCUT2D eigenvalue weighted by atomic mass is 35.5. The van der Waals surface area contributed by atoms with Gasteiger partial charge in [0.05, 0.1) is 16.9 Å². The number of aromatic nitrogens is 3. The molecule has 0 fully saturated rings. The summed E-state index contributed by atoms with van der Waals surface area (Å²) in [6.45, 7) is 0.470. The van der Waals surface area contributed by atoms with Gasteiger partial charge in [0.25, 0.3) is 5.91 Å². The molecule has 0 unspecified atom stereocenters. The molecule has 4 aromatic rings. The topological polar surface area (TPSA) is 108 Å². The van der Waals surface area contributed by atoms with Crippen LogP contribution in [0.3, 0.4) is 0 Å². The van der Waals surface area contributed by atoms with Crippen molar-refractivity contribution < 1.29 is 27.1 Å². The lowest BCUT2D eigenvalue weighted by molar-refractivity contribution is -0.153. The van der Waals surface area contributed by atoms with Gasteiger partial charge in [-0.3, -0.25) is 9.48 Å². The molecule has 1 amide bonds. The van der Waals surface area contributed by atoms with Gasteiger partial charge in [0.2, 0.25) is 11.7 Å². The number of carbonyl (C=O) groups is 1. The van der Waals surface area contributed by atoms with E-state index in [0.717, 1.165) is 0 Å². The first kappa shape index (κ1) is 24.3. The molecule has 0 aliphatic heterocycles. The highest BCUT2D eigenvalue weighted by Gasteiger charge is 2.42. The van der Waals surface area contributed by atoms with Gasteiger partial charge in [-0.15, -0.1) is 0 Å². The van der Waals surface area contributed by atoms with Crippen molar-refractivity contribution in [2.24, 2.45) is 12.8 Å². The van der Waals surface area contributed by atoms with E-state index in [1.165, 1.54) is 35.1 Å². The monoisotopic (exact) mass is 505 g/mol. The Morgan fingerprint density at radius 1 is 1.23 bits per heavy atom. The van der Waals surface area contributed by atoms with Crippen LogP contribution in [-0.2, 0) is 13.2 Å². The summed E-state index contributed by atoms with van der Waals surface area (Å²) >= 11 is 6.27. The van der Waals surface area contributed by atoms with Crippen LogP contribution in [0.5, 0.6) is 5.75 Å². The molecule has 35 heavy (non-hydrogen) atoms. The minimum absolute atomic E-state index is 0.180. The predicted molar refractivity (Wildman–Crippen MR) is 123 cm³/mol. The molecule has 0 radical (unpaired) electrons. The average molecular weight is 506 g/mol. The molecule has 0 aliphatic rings. The van der Waals surface area contributed by atoms with Crippen molar-refractivity contribution in [1.82, 2.24) is 14.8 Å². The molecular formula is C23H19ClF3N5O3. The zero-order valence-corrected chi connectivity index (χ0v) is 19.0. The van der Waals surface area contributed by atoms with E-state index in [0.29, 0.717) is 27.6 Å². The molecule has 2 aromatic heterocycles. The van der Waals surface area contributed by atoms with Gasteiger partial charge >= 0.3 is 6.18 Å². The van der Waals surface area contributed by atoms with Crippen molar-refractivity contribution in [3.63, 3.8) is 0 Å². The van der Waals surface area contributed by atoms with Crippen molar-refractivity contribution in [2.45, 2.75) is 6.18 Å². The number of ether oxygens (including phenoxy) is 1. The molecule has 12 heteroatoms. The van der Waals surface area contributed by atoms with Crippen LogP contribution < -0.4 is 15.8 Å². The smallest absolute Gasteiger partial charge is 0.452 e. The minimum Gasteiger partial charge on any atom is -0.492 e. The van der Waals surface area contributed by atoms with E-state index in [1.54, 1.807) is 31.3 Å². The quantitative estimate of drug-likeness (QED) is 0.366. The molecular weight excluding hydrogens is 487 g/mol. The number of amides is 1. The van der Waals surface area contributed by atoms with Gasteiger partial charge in [-0.25, -0.2) is 4.98 Å². The number of anilines is 1. The van der Waals surface area contributed by atoms with E-state index in [2.05, 4.69) is 15.4 Å². The fraction of sp³-hybridized carbons (Fsp3) is 0.174. The third-order valence-corrected chi connectivity index (χ3v) is 5.16. The van der Waals surface area contributed by atoms with E-state index in [4.69, 9.17) is 26.5 Å². The van der Waals surface area contributed by atoms with Crippen molar-refractivity contribution in [3.8, 4) is 28.5 Å². The van der Waals surface area contributed by atoms with Gasteiger partial charge in [-0.05, 0) is 30.3 Å². The number of hydrogen-bond acceptors (Lipinski definition) is 6. The minimum atomic E-state index is -4.93. The van der Waals surface area contributed by atoms with Crippen LogP contribution in [0, 0.1) is 0 Å². The average Bonchev–Trinajstić information content (AvgIpc) is 3.43. The number of hydrogen-bond donors (Lipinski definition) is 2. The molecule has 0 atom stereocenters. The van der Waals surface area contributed by atoms with Crippen LogP contribution in [0.15, 0.2) is 59.1 Å². The summed E-state index contributed by atoms with van der Waals surface area (Å²) in [4.78, 5) is 16.7. The summed E-state index contributed by atoms with van der Waals surface area (Å²) in [6.07, 6.45) is -3.50. The largest absolute Gasteiger partial charge is 0.492 e. The number of nitrogens with zero attached hydrogens (tertiary/aromatic N) is 3. The van der Waals surface area contributed by atoms with E-state index in [-0.39, 0.29) is 24.7 Å². The first-order chi connectivity index (χ1) is 16.7. The summed E-state index contributed by atoms with van der Waals surface area (Å²) in [5, 5.41) is 6.85. The number of carbonyl (C=O) groups excluding carboxylic acids is 1. The van der Waals surface area contributed by atoms with E-state index in [1.807, 2.05) is 0 Å². The molecule has 4 rings (SSSR count). The number of rotatable bonds is 7. The van der Waals surface area contributed by atoms with E-state index in [9.17, 15) is 18.0 Å². The lowest BCUT2D eigenvalue weighted by Crippen LogP contribution is -2.18. The second-order valence-corrected chi connectivity index (χ2v) is 7.73. The Balaban J connectivity index is 1.71. The third-order valence-electron chi connectivity index (χ3n) is 4.88. The Morgan fingerprint density at radius 2 is 1.97 bits per heavy atom. The molecule has 0 spiro atoms. The third kappa shape index (κ3) is 5.15. The molecule has 3 N–H and O–H groups in total. The van der Waals surface area contributed by atoms with Crippen LogP contribution in [-0.4, -0.2) is 33.8 Å². The van der Waals surface area contributed by atoms with E-state index < -0.39 is 23.5 Å².